The molecule has 1 fully saturated rings. The average Bonchev–Trinajstić information content (AvgIpc) is 2.86. The molecule has 0 saturated carbocycles. The van der Waals surface area contributed by atoms with Crippen LogP contribution in [0.5, 0.6) is 0 Å². The Balaban J connectivity index is 0.00000242. The molecule has 1 aliphatic rings. The van der Waals surface area contributed by atoms with Crippen LogP contribution in [0.15, 0.2) is 18.2 Å². The molecular formula is C13H12ClF4NO3. The first kappa shape index (κ1) is 18.2. The van der Waals surface area contributed by atoms with Crippen LogP contribution in [-0.2, 0) is 11.0 Å². The van der Waals surface area contributed by atoms with E-state index in [1.54, 1.807) is 0 Å². The molecule has 0 bridgehead atoms. The SMILES string of the molecule is Cl.O=C(O)C1CCN(C(=O)c2ccc(F)c(C(F)(F)F)c2)C1. The summed E-state index contributed by atoms with van der Waals surface area (Å²) in [6, 6.07) is 1.99. The summed E-state index contributed by atoms with van der Waals surface area (Å²) >= 11 is 0. The Bertz CT molecular complexity index is 591. The van der Waals surface area contributed by atoms with Gasteiger partial charge in [0.1, 0.15) is 5.82 Å². The Kier molecular flexibility index (Phi) is 5.39. The van der Waals surface area contributed by atoms with Crippen LogP contribution in [0, 0.1) is 11.7 Å². The van der Waals surface area contributed by atoms with Gasteiger partial charge in [0.05, 0.1) is 11.5 Å². The monoisotopic (exact) mass is 341 g/mol. The number of carboxylic acids is 1. The molecule has 9 heteroatoms. The number of carbonyl (C=O) groups excluding carboxylic acids is 1. The van der Waals surface area contributed by atoms with Crippen LogP contribution in [0.2, 0.25) is 0 Å². The van der Waals surface area contributed by atoms with Gasteiger partial charge in [-0.25, -0.2) is 4.39 Å². The Morgan fingerprint density at radius 2 is 1.91 bits per heavy atom. The van der Waals surface area contributed by atoms with Crippen molar-refractivity contribution >= 4 is 24.3 Å². The van der Waals surface area contributed by atoms with Crippen LogP contribution < -0.4 is 0 Å². The molecule has 1 N–H and O–H groups in total. The summed E-state index contributed by atoms with van der Waals surface area (Å²) in [5, 5.41) is 8.83. The molecule has 4 nitrogen and oxygen atoms in total. The van der Waals surface area contributed by atoms with Crippen molar-refractivity contribution in [1.29, 1.82) is 0 Å². The first-order valence-corrected chi connectivity index (χ1v) is 6.09. The zero-order valence-corrected chi connectivity index (χ0v) is 11.9. The first-order chi connectivity index (χ1) is 9.70. The number of amides is 1. The second-order valence-electron chi connectivity index (χ2n) is 4.77. The van der Waals surface area contributed by atoms with E-state index in [1.165, 1.54) is 0 Å². The number of alkyl halides is 3. The second-order valence-corrected chi connectivity index (χ2v) is 4.77. The molecule has 1 unspecified atom stereocenters. The highest BCUT2D eigenvalue weighted by Gasteiger charge is 2.36. The third-order valence-electron chi connectivity index (χ3n) is 3.34. The van der Waals surface area contributed by atoms with Crippen molar-refractivity contribution in [3.8, 4) is 0 Å². The number of carbonyl (C=O) groups is 2. The van der Waals surface area contributed by atoms with E-state index >= 15 is 0 Å². The molecule has 1 atom stereocenters. The number of halogens is 5. The highest BCUT2D eigenvalue weighted by Crippen LogP contribution is 2.32. The number of hydrogen-bond acceptors (Lipinski definition) is 2. The smallest absolute Gasteiger partial charge is 0.419 e. The van der Waals surface area contributed by atoms with E-state index < -0.39 is 35.4 Å². The summed E-state index contributed by atoms with van der Waals surface area (Å²) in [7, 11) is 0. The van der Waals surface area contributed by atoms with E-state index in [0.717, 1.165) is 11.0 Å². The van der Waals surface area contributed by atoms with E-state index in [4.69, 9.17) is 5.11 Å². The molecule has 0 radical (unpaired) electrons. The number of carboxylic acid groups (broad SMARTS) is 1. The third kappa shape index (κ3) is 3.68. The van der Waals surface area contributed by atoms with Gasteiger partial charge in [-0.15, -0.1) is 12.4 Å². The summed E-state index contributed by atoms with van der Waals surface area (Å²) in [6.07, 6.45) is -4.65. The highest BCUT2D eigenvalue weighted by atomic mass is 35.5. The molecule has 1 aliphatic heterocycles. The molecule has 0 spiro atoms. The fourth-order valence-corrected chi connectivity index (χ4v) is 2.20. The largest absolute Gasteiger partial charge is 0.481 e. The maximum Gasteiger partial charge on any atom is 0.419 e. The summed E-state index contributed by atoms with van der Waals surface area (Å²) in [5.74, 6) is -3.97. The number of likely N-dealkylation sites (tertiary alicyclic amines) is 1. The van der Waals surface area contributed by atoms with Gasteiger partial charge in [-0.05, 0) is 24.6 Å². The molecule has 22 heavy (non-hydrogen) atoms. The van der Waals surface area contributed by atoms with Crippen LogP contribution in [0.4, 0.5) is 17.6 Å². The van der Waals surface area contributed by atoms with Crippen molar-refractivity contribution in [2.45, 2.75) is 12.6 Å². The molecule has 1 aromatic carbocycles. The van der Waals surface area contributed by atoms with E-state index in [2.05, 4.69) is 0 Å². The fourth-order valence-electron chi connectivity index (χ4n) is 2.20. The van der Waals surface area contributed by atoms with Gasteiger partial charge in [0.25, 0.3) is 5.91 Å². The molecule has 0 aliphatic carbocycles. The summed E-state index contributed by atoms with van der Waals surface area (Å²) in [4.78, 5) is 24.0. The lowest BCUT2D eigenvalue weighted by atomic mass is 10.1. The standard InChI is InChI=1S/C13H11F4NO3.ClH/c14-10-2-1-7(5-9(10)13(15,16)17)11(19)18-4-3-8(6-18)12(20)21;/h1-2,5,8H,3-4,6H2,(H,20,21);1H. The van der Waals surface area contributed by atoms with Crippen LogP contribution in [0.25, 0.3) is 0 Å². The Morgan fingerprint density at radius 1 is 1.27 bits per heavy atom. The molecule has 1 aromatic rings. The van der Waals surface area contributed by atoms with Gasteiger partial charge in [-0.3, -0.25) is 9.59 Å². The van der Waals surface area contributed by atoms with Crippen molar-refractivity contribution in [3.05, 3.63) is 35.1 Å². The van der Waals surface area contributed by atoms with E-state index in [9.17, 15) is 27.2 Å². The quantitative estimate of drug-likeness (QED) is 0.842. The van der Waals surface area contributed by atoms with Crippen LogP contribution in [-0.4, -0.2) is 35.0 Å². The van der Waals surface area contributed by atoms with Gasteiger partial charge >= 0.3 is 12.1 Å². The maximum atomic E-state index is 13.2. The van der Waals surface area contributed by atoms with E-state index in [0.29, 0.717) is 12.1 Å². The third-order valence-corrected chi connectivity index (χ3v) is 3.34. The average molecular weight is 342 g/mol. The summed E-state index contributed by atoms with van der Waals surface area (Å²) in [5.41, 5.74) is -1.82. The molecular weight excluding hydrogens is 330 g/mol. The number of nitrogens with zero attached hydrogens (tertiary/aromatic N) is 1. The normalized spacial score (nSPS) is 18.0. The Hall–Kier alpha value is -1.83. The highest BCUT2D eigenvalue weighted by molar-refractivity contribution is 5.95. The fraction of sp³-hybridized carbons (Fsp3) is 0.385. The van der Waals surface area contributed by atoms with Gasteiger partial charge in [-0.2, -0.15) is 13.2 Å². The molecule has 122 valence electrons. The van der Waals surface area contributed by atoms with Gasteiger partial charge in [-0.1, -0.05) is 0 Å². The van der Waals surface area contributed by atoms with Gasteiger partial charge in [0.15, 0.2) is 0 Å². The Labute approximate surface area is 129 Å². The van der Waals surface area contributed by atoms with Crippen molar-refractivity contribution in [3.63, 3.8) is 0 Å². The van der Waals surface area contributed by atoms with Crippen molar-refractivity contribution in [1.82, 2.24) is 4.90 Å². The molecule has 0 aromatic heterocycles. The maximum absolute atomic E-state index is 13.2. The van der Waals surface area contributed by atoms with Crippen molar-refractivity contribution in [2.75, 3.05) is 13.1 Å². The van der Waals surface area contributed by atoms with Crippen LogP contribution in [0.3, 0.4) is 0 Å². The summed E-state index contributed by atoms with van der Waals surface area (Å²) in [6.45, 7) is 0.0847. The minimum absolute atomic E-state index is 0. The topological polar surface area (TPSA) is 57.6 Å². The number of hydrogen-bond donors (Lipinski definition) is 1. The van der Waals surface area contributed by atoms with E-state index in [-0.39, 0.29) is 37.5 Å². The number of rotatable bonds is 2. The molecule has 2 rings (SSSR count). The zero-order chi connectivity index (χ0) is 15.8. The number of benzene rings is 1. The minimum atomic E-state index is -4.89. The number of aliphatic carboxylic acids is 1. The predicted molar refractivity (Wildman–Crippen MR) is 70.3 cm³/mol. The first-order valence-electron chi connectivity index (χ1n) is 6.09. The second kappa shape index (κ2) is 6.51. The van der Waals surface area contributed by atoms with Gasteiger partial charge < -0.3 is 10.0 Å². The van der Waals surface area contributed by atoms with Crippen LogP contribution >= 0.6 is 12.4 Å². The Morgan fingerprint density at radius 3 is 2.41 bits per heavy atom. The van der Waals surface area contributed by atoms with Crippen LogP contribution in [0.1, 0.15) is 22.3 Å². The lowest BCUT2D eigenvalue weighted by Gasteiger charge is -2.17. The zero-order valence-electron chi connectivity index (χ0n) is 11.1. The summed E-state index contributed by atoms with van der Waals surface area (Å²) < 4.78 is 50.9. The molecule has 1 amide bonds. The lowest BCUT2D eigenvalue weighted by molar-refractivity contribution is -0.141. The minimum Gasteiger partial charge on any atom is -0.481 e. The van der Waals surface area contributed by atoms with Gasteiger partial charge in [0.2, 0.25) is 0 Å². The molecule has 1 heterocycles. The predicted octanol–water partition coefficient (Wildman–Crippen LogP) is 2.81. The lowest BCUT2D eigenvalue weighted by Crippen LogP contribution is -2.30. The van der Waals surface area contributed by atoms with Gasteiger partial charge in [0, 0.05) is 18.7 Å². The van der Waals surface area contributed by atoms with E-state index in [1.807, 2.05) is 0 Å². The molecule has 1 saturated heterocycles. The van der Waals surface area contributed by atoms with Crippen molar-refractivity contribution in [2.24, 2.45) is 5.92 Å². The van der Waals surface area contributed by atoms with Crippen molar-refractivity contribution < 1.29 is 32.3 Å².